The molecule has 2 aromatic carbocycles. The van der Waals surface area contributed by atoms with E-state index in [9.17, 15) is 14.4 Å². The van der Waals surface area contributed by atoms with Crippen LogP contribution >= 0.6 is 0 Å². The maximum atomic E-state index is 12.8. The third-order valence-electron chi connectivity index (χ3n) is 5.41. The second-order valence-corrected chi connectivity index (χ2v) is 7.77. The molecule has 0 aliphatic rings. The number of nitrogen functional groups attached to an aromatic ring is 1. The lowest BCUT2D eigenvalue weighted by atomic mass is 10.00. The SMILES string of the molecule is COC(=O)c1nc(OC)ccc1NC(=O)c1ccc(C)c2ccccc12.COc1ccc(N)c(C(=O)O)n1. The number of rotatable bonds is 6. The summed E-state index contributed by atoms with van der Waals surface area (Å²) in [4.78, 5) is 43.0. The smallest absolute Gasteiger partial charge is 0.358 e. The second-order valence-electron chi connectivity index (χ2n) is 7.77. The van der Waals surface area contributed by atoms with Crippen molar-refractivity contribution in [2.45, 2.75) is 6.92 Å². The average Bonchev–Trinajstić information content (AvgIpc) is 2.93. The van der Waals surface area contributed by atoms with Gasteiger partial charge in [0.1, 0.15) is 0 Å². The number of hydrogen-bond acceptors (Lipinski definition) is 9. The number of methoxy groups -OCH3 is 3. The summed E-state index contributed by atoms with van der Waals surface area (Å²) in [7, 11) is 4.10. The Bertz CT molecular complexity index is 1500. The first-order valence-corrected chi connectivity index (χ1v) is 11.2. The minimum absolute atomic E-state index is 0.0170. The maximum absolute atomic E-state index is 12.8. The van der Waals surface area contributed by atoms with E-state index in [1.54, 1.807) is 18.2 Å². The first kappa shape index (κ1) is 27.4. The fourth-order valence-electron chi connectivity index (χ4n) is 3.48. The van der Waals surface area contributed by atoms with Crippen molar-refractivity contribution in [3.8, 4) is 11.8 Å². The van der Waals surface area contributed by atoms with Gasteiger partial charge in [-0.25, -0.2) is 19.6 Å². The Morgan fingerprint density at radius 1 is 0.816 bits per heavy atom. The van der Waals surface area contributed by atoms with E-state index in [4.69, 9.17) is 25.1 Å². The van der Waals surface area contributed by atoms with Gasteiger partial charge in [-0.15, -0.1) is 0 Å². The normalized spacial score (nSPS) is 10.1. The van der Waals surface area contributed by atoms with Gasteiger partial charge in [-0.1, -0.05) is 30.3 Å². The van der Waals surface area contributed by atoms with Gasteiger partial charge < -0.3 is 30.4 Å². The summed E-state index contributed by atoms with van der Waals surface area (Å²) in [6.45, 7) is 1.99. The molecule has 4 aromatic rings. The Labute approximate surface area is 218 Å². The van der Waals surface area contributed by atoms with Gasteiger partial charge in [-0.05, 0) is 41.5 Å². The van der Waals surface area contributed by atoms with Crippen molar-refractivity contribution in [1.29, 1.82) is 0 Å². The number of pyridine rings is 2. The van der Waals surface area contributed by atoms with Crippen LogP contribution in [-0.2, 0) is 4.74 Å². The number of nitrogens with one attached hydrogen (secondary N) is 1. The fraction of sp³-hybridized carbons (Fsp3) is 0.148. The predicted octanol–water partition coefficient (Wildman–Crippen LogP) is 3.96. The first-order chi connectivity index (χ1) is 18.2. The number of esters is 1. The van der Waals surface area contributed by atoms with Crippen LogP contribution in [0.3, 0.4) is 0 Å². The quantitative estimate of drug-likeness (QED) is 0.318. The number of nitrogens with two attached hydrogens (primary N) is 1. The van der Waals surface area contributed by atoms with Gasteiger partial charge in [-0.2, -0.15) is 0 Å². The number of aryl methyl sites for hydroxylation is 1. The largest absolute Gasteiger partial charge is 0.481 e. The summed E-state index contributed by atoms with van der Waals surface area (Å²) in [5.74, 6) is -1.66. The molecular formula is C27H26N4O7. The lowest BCUT2D eigenvalue weighted by Gasteiger charge is -2.12. The van der Waals surface area contributed by atoms with Crippen LogP contribution in [0.4, 0.5) is 11.4 Å². The van der Waals surface area contributed by atoms with Gasteiger partial charge in [0.15, 0.2) is 11.4 Å². The zero-order valence-corrected chi connectivity index (χ0v) is 21.1. The molecule has 11 heteroatoms. The highest BCUT2D eigenvalue weighted by atomic mass is 16.5. The van der Waals surface area contributed by atoms with E-state index in [-0.39, 0.29) is 40.4 Å². The Morgan fingerprint density at radius 2 is 1.42 bits per heavy atom. The molecule has 0 bridgehead atoms. The number of aromatic nitrogens is 2. The number of ether oxygens (including phenoxy) is 3. The monoisotopic (exact) mass is 518 g/mol. The highest BCUT2D eigenvalue weighted by Crippen LogP contribution is 2.25. The lowest BCUT2D eigenvalue weighted by molar-refractivity contribution is 0.0593. The number of benzene rings is 2. The molecule has 0 saturated carbocycles. The average molecular weight is 519 g/mol. The van der Waals surface area contributed by atoms with E-state index in [1.165, 1.54) is 33.5 Å². The Kier molecular flexibility index (Phi) is 8.78. The maximum Gasteiger partial charge on any atom is 0.358 e. The summed E-state index contributed by atoms with van der Waals surface area (Å²) < 4.78 is 14.5. The number of carboxylic acids is 1. The Morgan fingerprint density at radius 3 is 2.03 bits per heavy atom. The predicted molar refractivity (Wildman–Crippen MR) is 141 cm³/mol. The van der Waals surface area contributed by atoms with Crippen LogP contribution in [0.2, 0.25) is 0 Å². The third kappa shape index (κ3) is 6.13. The molecule has 0 spiro atoms. The lowest BCUT2D eigenvalue weighted by Crippen LogP contribution is -2.17. The molecule has 0 unspecified atom stereocenters. The van der Waals surface area contributed by atoms with E-state index >= 15 is 0 Å². The summed E-state index contributed by atoms with van der Waals surface area (Å²) in [5, 5.41) is 13.2. The van der Waals surface area contributed by atoms with Crippen LogP contribution < -0.4 is 20.5 Å². The molecule has 4 rings (SSSR count). The topological polar surface area (TPSA) is 163 Å². The number of nitrogens with zero attached hydrogens (tertiary/aromatic N) is 2. The minimum atomic E-state index is -1.16. The van der Waals surface area contributed by atoms with Crippen LogP contribution in [0.5, 0.6) is 11.8 Å². The summed E-state index contributed by atoms with van der Waals surface area (Å²) in [6, 6.07) is 17.4. The van der Waals surface area contributed by atoms with E-state index in [0.29, 0.717) is 5.56 Å². The fourth-order valence-corrected chi connectivity index (χ4v) is 3.48. The van der Waals surface area contributed by atoms with E-state index < -0.39 is 11.9 Å². The molecule has 0 saturated heterocycles. The zero-order chi connectivity index (χ0) is 27.8. The van der Waals surface area contributed by atoms with E-state index in [0.717, 1.165) is 16.3 Å². The molecule has 1 amide bonds. The van der Waals surface area contributed by atoms with E-state index in [2.05, 4.69) is 15.3 Å². The highest BCUT2D eigenvalue weighted by molar-refractivity contribution is 6.14. The molecule has 0 atom stereocenters. The molecular weight excluding hydrogens is 492 g/mol. The van der Waals surface area contributed by atoms with Gasteiger partial charge in [-0.3, -0.25) is 4.79 Å². The van der Waals surface area contributed by atoms with Gasteiger partial charge >= 0.3 is 11.9 Å². The van der Waals surface area contributed by atoms with Crippen LogP contribution in [0.25, 0.3) is 10.8 Å². The number of aromatic carboxylic acids is 1. The van der Waals surface area contributed by atoms with Crippen molar-refractivity contribution in [2.75, 3.05) is 32.4 Å². The standard InChI is InChI=1S/C20H18N2O4.C7H8N2O3/c1-12-8-9-15(14-7-5-4-6-13(12)14)19(23)21-16-10-11-17(25-2)22-18(16)20(24)26-3;1-12-5-3-2-4(8)6(9-5)7(10)11/h4-11H,1-3H3,(H,21,23);2-3H,8H2,1H3,(H,10,11). The van der Waals surface area contributed by atoms with E-state index in [1.807, 2.05) is 37.3 Å². The second kappa shape index (κ2) is 12.2. The van der Waals surface area contributed by atoms with Gasteiger partial charge in [0.05, 0.1) is 32.7 Å². The van der Waals surface area contributed by atoms with Crippen LogP contribution in [0, 0.1) is 6.92 Å². The van der Waals surface area contributed by atoms with Crippen molar-refractivity contribution in [1.82, 2.24) is 9.97 Å². The molecule has 11 nitrogen and oxygen atoms in total. The molecule has 0 radical (unpaired) electrons. The number of anilines is 2. The van der Waals surface area contributed by atoms with Crippen LogP contribution in [0.1, 0.15) is 36.9 Å². The Hall–Kier alpha value is -5.19. The molecule has 0 aliphatic heterocycles. The zero-order valence-electron chi connectivity index (χ0n) is 21.1. The summed E-state index contributed by atoms with van der Waals surface area (Å²) in [5.41, 5.74) is 7.12. The van der Waals surface area contributed by atoms with Crippen molar-refractivity contribution in [2.24, 2.45) is 0 Å². The van der Waals surface area contributed by atoms with Crippen LogP contribution in [-0.4, -0.2) is 54.2 Å². The van der Waals surface area contributed by atoms with Gasteiger partial charge in [0.25, 0.3) is 5.91 Å². The van der Waals surface area contributed by atoms with Gasteiger partial charge in [0, 0.05) is 17.7 Å². The van der Waals surface area contributed by atoms with Crippen molar-refractivity contribution in [3.63, 3.8) is 0 Å². The molecule has 4 N–H and O–H groups in total. The third-order valence-corrected chi connectivity index (χ3v) is 5.41. The number of amides is 1. The molecule has 0 fully saturated rings. The summed E-state index contributed by atoms with van der Waals surface area (Å²) in [6.07, 6.45) is 0. The van der Waals surface area contributed by atoms with Gasteiger partial charge in [0.2, 0.25) is 11.8 Å². The molecule has 38 heavy (non-hydrogen) atoms. The molecule has 2 aromatic heterocycles. The minimum Gasteiger partial charge on any atom is -0.481 e. The van der Waals surface area contributed by atoms with Crippen molar-refractivity contribution < 1.29 is 33.7 Å². The number of carbonyl (C=O) groups is 3. The number of carbonyl (C=O) groups excluding carboxylic acids is 2. The molecule has 196 valence electrons. The first-order valence-electron chi connectivity index (χ1n) is 11.2. The number of hydrogen-bond donors (Lipinski definition) is 3. The van der Waals surface area contributed by atoms with Crippen LogP contribution in [0.15, 0.2) is 60.7 Å². The number of fused-ring (bicyclic) bond motifs is 1. The van der Waals surface area contributed by atoms with Crippen molar-refractivity contribution in [3.05, 3.63) is 83.2 Å². The number of carboxylic acid groups (broad SMARTS) is 1. The highest BCUT2D eigenvalue weighted by Gasteiger charge is 2.19. The molecule has 0 aliphatic carbocycles. The van der Waals surface area contributed by atoms with Crippen molar-refractivity contribution >= 4 is 40.0 Å². The Balaban J connectivity index is 0.000000279. The molecule has 2 heterocycles. The summed E-state index contributed by atoms with van der Waals surface area (Å²) >= 11 is 0.